The average Bonchev–Trinajstić information content (AvgIpc) is 3.33. The lowest BCUT2D eigenvalue weighted by atomic mass is 9.69. The van der Waals surface area contributed by atoms with E-state index in [2.05, 4.69) is 20.8 Å². The molecule has 0 saturated heterocycles. The highest BCUT2D eigenvalue weighted by molar-refractivity contribution is 5.32. The second-order valence-corrected chi connectivity index (χ2v) is 21.7. The summed E-state index contributed by atoms with van der Waals surface area (Å²) in [5.41, 5.74) is 0.954. The van der Waals surface area contributed by atoms with Gasteiger partial charge in [-0.25, -0.2) is 13.2 Å². The monoisotopic (exact) mass is 937 g/mol. The molecule has 9 heteroatoms. The van der Waals surface area contributed by atoms with Crippen LogP contribution < -0.4 is 14.2 Å². The number of hydrogen-bond donors (Lipinski definition) is 0. The predicted octanol–water partition coefficient (Wildman–Crippen LogP) is 18.3. The fourth-order valence-corrected chi connectivity index (χ4v) is 11.5. The Balaban J connectivity index is 0.000000520. The van der Waals surface area contributed by atoms with Crippen molar-refractivity contribution in [1.82, 2.24) is 0 Å². The molecule has 5 aliphatic rings. The standard InChI is InChI=1S/2C21H30F2O.C15H20F2O.5H2/c2*1-14-3-8-17(9-4-14)18-10-6-16(7-11-18)13-24-19-12-5-15(2)20(22)21(19)23;1-10-3-6-12(7-4-10)9-18-13-8-5-11(2)14(16)15(13)17;;;;;/h2*5,12,14,16-18H,3-4,6-11,13H2,1-2H3;5,8,10,12H,3-4,6-7,9H2,1-2H3;5*1H. The molecule has 0 unspecified atom stereocenters. The maximum absolute atomic E-state index is 13.9. The van der Waals surface area contributed by atoms with Gasteiger partial charge in [0.1, 0.15) is 0 Å². The van der Waals surface area contributed by atoms with Crippen LogP contribution in [0.25, 0.3) is 0 Å². The highest BCUT2D eigenvalue weighted by atomic mass is 19.2. The molecule has 0 aliphatic heterocycles. The van der Waals surface area contributed by atoms with Gasteiger partial charge in [0.15, 0.2) is 34.7 Å². The van der Waals surface area contributed by atoms with Crippen molar-refractivity contribution in [3.05, 3.63) is 88.0 Å². The molecule has 0 amide bonds. The number of benzene rings is 3. The van der Waals surface area contributed by atoms with Crippen LogP contribution in [0.1, 0.15) is 173 Å². The largest absolute Gasteiger partial charge is 0.490 e. The van der Waals surface area contributed by atoms with Crippen LogP contribution in [0.3, 0.4) is 0 Å². The van der Waals surface area contributed by atoms with E-state index in [0.29, 0.717) is 54.3 Å². The van der Waals surface area contributed by atoms with E-state index in [-0.39, 0.29) is 24.4 Å². The summed E-state index contributed by atoms with van der Waals surface area (Å²) in [7, 11) is 0. The minimum Gasteiger partial charge on any atom is -0.490 e. The highest BCUT2D eigenvalue weighted by Gasteiger charge is 2.32. The van der Waals surface area contributed by atoms with Gasteiger partial charge in [-0.2, -0.15) is 13.2 Å². The van der Waals surface area contributed by atoms with Crippen molar-refractivity contribution < 1.29 is 47.7 Å². The molecule has 0 heterocycles. The van der Waals surface area contributed by atoms with Gasteiger partial charge in [0.25, 0.3) is 0 Å². The van der Waals surface area contributed by atoms with E-state index >= 15 is 0 Å². The number of halogens is 6. The summed E-state index contributed by atoms with van der Waals surface area (Å²) in [5.74, 6) is 2.86. The SMILES string of the molecule is Cc1ccc(OCC2CCC(C)CC2)c(F)c1F.Cc1ccc(OCC2CCC(C3CCC(C)CC3)CC2)c(F)c1F.Cc1ccc(OCC2CCC(C3CCC(C)CC3)CC2)c(F)c1F.[HH].[HH].[HH].[HH].[HH]. The van der Waals surface area contributed by atoms with Crippen LogP contribution >= 0.6 is 0 Å². The summed E-state index contributed by atoms with van der Waals surface area (Å²) in [6.07, 6.45) is 25.6. The molecule has 378 valence electrons. The van der Waals surface area contributed by atoms with Gasteiger partial charge in [0.05, 0.1) is 19.8 Å². The molecule has 0 atom stereocenters. The number of rotatable bonds is 11. The number of hydrogen-bond acceptors (Lipinski definition) is 3. The van der Waals surface area contributed by atoms with Gasteiger partial charge in [-0.3, -0.25) is 0 Å². The Morgan fingerprint density at radius 1 is 0.333 bits per heavy atom. The highest BCUT2D eigenvalue weighted by Crippen LogP contribution is 2.43. The van der Waals surface area contributed by atoms with E-state index in [4.69, 9.17) is 14.2 Å². The molecule has 8 rings (SSSR count). The first-order chi connectivity index (χ1) is 31.7. The van der Waals surface area contributed by atoms with Gasteiger partial charge in [-0.1, -0.05) is 77.5 Å². The van der Waals surface area contributed by atoms with Gasteiger partial charge in [0, 0.05) is 7.13 Å². The third-order valence-corrected chi connectivity index (χ3v) is 16.5. The lowest BCUT2D eigenvalue weighted by Crippen LogP contribution is -2.27. The predicted molar refractivity (Wildman–Crippen MR) is 265 cm³/mol. The van der Waals surface area contributed by atoms with E-state index < -0.39 is 34.9 Å². The van der Waals surface area contributed by atoms with Gasteiger partial charge in [0.2, 0.25) is 17.5 Å². The zero-order valence-corrected chi connectivity index (χ0v) is 41.0. The minimum atomic E-state index is -0.862. The lowest BCUT2D eigenvalue weighted by Gasteiger charge is -2.37. The first-order valence-corrected chi connectivity index (χ1v) is 25.9. The number of ether oxygens (including phenoxy) is 3. The van der Waals surface area contributed by atoms with Crippen molar-refractivity contribution in [1.29, 1.82) is 0 Å². The molecule has 0 spiro atoms. The molecule has 0 aromatic heterocycles. The van der Waals surface area contributed by atoms with E-state index in [1.165, 1.54) is 96.0 Å². The summed E-state index contributed by atoms with van der Waals surface area (Å²) >= 11 is 0. The Morgan fingerprint density at radius 2 is 0.545 bits per heavy atom. The lowest BCUT2D eigenvalue weighted by molar-refractivity contribution is 0.124. The third kappa shape index (κ3) is 14.8. The first-order valence-electron chi connectivity index (χ1n) is 25.9. The van der Waals surface area contributed by atoms with E-state index in [9.17, 15) is 26.3 Å². The fraction of sp³-hybridized carbons (Fsp3) is 0.684. The van der Waals surface area contributed by atoms with Crippen LogP contribution in [0.2, 0.25) is 0 Å². The van der Waals surface area contributed by atoms with Crippen molar-refractivity contribution in [3.8, 4) is 17.2 Å². The average molecular weight is 937 g/mol. The van der Waals surface area contributed by atoms with Crippen LogP contribution in [-0.2, 0) is 0 Å². The van der Waals surface area contributed by atoms with Gasteiger partial charge in [-0.15, -0.1) is 0 Å². The zero-order valence-electron chi connectivity index (χ0n) is 41.0. The molecule has 5 fully saturated rings. The van der Waals surface area contributed by atoms with Crippen LogP contribution in [0.5, 0.6) is 17.2 Å². The van der Waals surface area contributed by atoms with E-state index in [0.717, 1.165) is 80.0 Å². The second kappa shape index (κ2) is 25.3. The molecule has 66 heavy (non-hydrogen) atoms. The quantitative estimate of drug-likeness (QED) is 0.179. The van der Waals surface area contributed by atoms with Crippen molar-refractivity contribution in [2.24, 2.45) is 59.2 Å². The van der Waals surface area contributed by atoms with Gasteiger partial charge < -0.3 is 14.2 Å². The molecule has 5 saturated carbocycles. The molecular formula is C57H90F6O3. The minimum absolute atomic E-state index is 0. The van der Waals surface area contributed by atoms with Crippen molar-refractivity contribution in [3.63, 3.8) is 0 Å². The molecule has 3 aromatic rings. The molecule has 5 aliphatic carbocycles. The molecule has 0 bridgehead atoms. The van der Waals surface area contributed by atoms with Gasteiger partial charge >= 0.3 is 0 Å². The maximum atomic E-state index is 13.9. The summed E-state index contributed by atoms with van der Waals surface area (Å²) in [6.45, 7) is 13.2. The van der Waals surface area contributed by atoms with E-state index in [1.807, 2.05) is 0 Å². The fourth-order valence-electron chi connectivity index (χ4n) is 11.5. The summed E-state index contributed by atoms with van der Waals surface area (Å²) in [4.78, 5) is 0. The zero-order chi connectivity index (χ0) is 47.3. The molecule has 3 aromatic carbocycles. The Hall–Kier alpha value is -3.36. The van der Waals surface area contributed by atoms with Gasteiger partial charge in [-0.05, 0) is 205 Å². The Morgan fingerprint density at radius 3 is 0.803 bits per heavy atom. The second-order valence-electron chi connectivity index (χ2n) is 21.7. The Bertz CT molecular complexity index is 1860. The van der Waals surface area contributed by atoms with E-state index in [1.54, 1.807) is 51.1 Å². The normalized spacial score (nSPS) is 29.1. The summed E-state index contributed by atoms with van der Waals surface area (Å²) in [5, 5.41) is 0. The molecule has 0 radical (unpaired) electrons. The van der Waals surface area contributed by atoms with Crippen molar-refractivity contribution >= 4 is 0 Å². The summed E-state index contributed by atoms with van der Waals surface area (Å²) < 4.78 is 98.4. The first kappa shape index (κ1) is 52.0. The molecule has 3 nitrogen and oxygen atoms in total. The third-order valence-electron chi connectivity index (χ3n) is 16.5. The maximum Gasteiger partial charge on any atom is 0.200 e. The topological polar surface area (TPSA) is 27.7 Å². The van der Waals surface area contributed by atoms with Crippen LogP contribution in [0.4, 0.5) is 26.3 Å². The Labute approximate surface area is 401 Å². The van der Waals surface area contributed by atoms with Crippen molar-refractivity contribution in [2.45, 2.75) is 170 Å². The molecule has 0 N–H and O–H groups in total. The van der Waals surface area contributed by atoms with Crippen LogP contribution in [0, 0.1) is 115 Å². The van der Waals surface area contributed by atoms with Crippen LogP contribution in [-0.4, -0.2) is 19.8 Å². The Kier molecular flexibility index (Phi) is 19.9. The molecular weight excluding hydrogens is 847 g/mol. The number of aryl methyl sites for hydroxylation is 3. The summed E-state index contributed by atoms with van der Waals surface area (Å²) in [6, 6.07) is 9.31. The van der Waals surface area contributed by atoms with Crippen LogP contribution in [0.15, 0.2) is 36.4 Å². The smallest absolute Gasteiger partial charge is 0.200 e. The van der Waals surface area contributed by atoms with Crippen molar-refractivity contribution in [2.75, 3.05) is 19.8 Å².